The van der Waals surface area contributed by atoms with Crippen LogP contribution < -0.4 is 16.0 Å². The molecule has 0 saturated carbocycles. The lowest BCUT2D eigenvalue weighted by molar-refractivity contribution is 0.0636. The fourth-order valence-electron chi connectivity index (χ4n) is 2.49. The summed E-state index contributed by atoms with van der Waals surface area (Å²) in [6.07, 6.45) is 4.97. The minimum absolute atomic E-state index is 0.321. The van der Waals surface area contributed by atoms with E-state index in [2.05, 4.69) is 20.9 Å². The molecule has 0 bridgehead atoms. The summed E-state index contributed by atoms with van der Waals surface area (Å²) < 4.78 is 7.09. The van der Waals surface area contributed by atoms with E-state index in [-0.39, 0.29) is 6.03 Å². The van der Waals surface area contributed by atoms with Gasteiger partial charge in [-0.3, -0.25) is 5.32 Å². The average Bonchev–Trinajstić information content (AvgIpc) is 3.08. The Kier molecular flexibility index (Phi) is 5.49. The molecule has 0 fully saturated rings. The number of hydrogen-bond acceptors (Lipinski definition) is 4. The minimum Gasteiger partial charge on any atom is -0.444 e. The van der Waals surface area contributed by atoms with Crippen molar-refractivity contribution in [3.8, 4) is 0 Å². The molecule has 0 unspecified atom stereocenters. The molecule has 3 rings (SSSR count). The van der Waals surface area contributed by atoms with Gasteiger partial charge in [0.05, 0.1) is 0 Å². The molecule has 3 aromatic rings. The van der Waals surface area contributed by atoms with Crippen LogP contribution >= 0.6 is 0 Å². The lowest BCUT2D eigenvalue weighted by Crippen LogP contribution is -2.28. The number of carbonyl (C=O) groups is 2. The van der Waals surface area contributed by atoms with Gasteiger partial charge in [-0.2, -0.15) is 0 Å². The lowest BCUT2D eigenvalue weighted by Gasteiger charge is -2.19. The monoisotopic (exact) mass is 381 g/mol. The molecule has 146 valence electrons. The lowest BCUT2D eigenvalue weighted by atomic mass is 10.2. The maximum absolute atomic E-state index is 12.1. The standard InChI is InChI=1S/C20H23N5O3/c1-20(2,3)28-19(27)24-16-7-5-15(6-8-16)23-18(26)22-12-14-4-9-17-21-10-11-25(17)13-14/h4-11,13H,12H2,1-3H3,(H,24,27)(H2,22,23,26). The van der Waals surface area contributed by atoms with Crippen molar-refractivity contribution in [3.63, 3.8) is 0 Å². The highest BCUT2D eigenvalue weighted by Gasteiger charge is 2.16. The van der Waals surface area contributed by atoms with Crippen LogP contribution in [0.2, 0.25) is 0 Å². The Bertz CT molecular complexity index is 973. The Morgan fingerprint density at radius 1 is 1.04 bits per heavy atom. The molecule has 28 heavy (non-hydrogen) atoms. The van der Waals surface area contributed by atoms with Crippen LogP contribution in [-0.2, 0) is 11.3 Å². The summed E-state index contributed by atoms with van der Waals surface area (Å²) in [5.74, 6) is 0. The molecule has 0 saturated heterocycles. The molecule has 0 atom stereocenters. The molecule has 3 N–H and O–H groups in total. The third-order valence-corrected chi connectivity index (χ3v) is 3.69. The smallest absolute Gasteiger partial charge is 0.412 e. The first-order valence-electron chi connectivity index (χ1n) is 8.85. The molecular weight excluding hydrogens is 358 g/mol. The highest BCUT2D eigenvalue weighted by Crippen LogP contribution is 2.15. The van der Waals surface area contributed by atoms with Gasteiger partial charge in [-0.25, -0.2) is 14.6 Å². The highest BCUT2D eigenvalue weighted by atomic mass is 16.6. The summed E-state index contributed by atoms with van der Waals surface area (Å²) in [4.78, 5) is 28.0. The second kappa shape index (κ2) is 7.99. The first-order valence-corrected chi connectivity index (χ1v) is 8.85. The number of amides is 3. The van der Waals surface area contributed by atoms with Crippen LogP contribution in [0.25, 0.3) is 5.65 Å². The molecular formula is C20H23N5O3. The van der Waals surface area contributed by atoms with Crippen LogP contribution in [-0.4, -0.2) is 27.1 Å². The van der Waals surface area contributed by atoms with Crippen LogP contribution in [0.1, 0.15) is 26.3 Å². The fraction of sp³-hybridized carbons (Fsp3) is 0.250. The van der Waals surface area contributed by atoms with Crippen LogP contribution in [0.4, 0.5) is 21.0 Å². The molecule has 0 aliphatic rings. The summed E-state index contributed by atoms with van der Waals surface area (Å²) in [5.41, 5.74) is 2.43. The molecule has 0 spiro atoms. The summed E-state index contributed by atoms with van der Waals surface area (Å²) in [6, 6.07) is 10.3. The topological polar surface area (TPSA) is 96.8 Å². The minimum atomic E-state index is -0.563. The molecule has 2 heterocycles. The summed E-state index contributed by atoms with van der Waals surface area (Å²) in [6.45, 7) is 5.78. The van der Waals surface area contributed by atoms with Crippen molar-refractivity contribution in [1.82, 2.24) is 14.7 Å². The molecule has 0 radical (unpaired) electrons. The average molecular weight is 381 g/mol. The zero-order valence-corrected chi connectivity index (χ0v) is 16.0. The van der Waals surface area contributed by atoms with Gasteiger partial charge < -0.3 is 19.8 Å². The van der Waals surface area contributed by atoms with E-state index in [9.17, 15) is 9.59 Å². The van der Waals surface area contributed by atoms with Gasteiger partial charge in [-0.05, 0) is 56.7 Å². The van der Waals surface area contributed by atoms with E-state index in [4.69, 9.17) is 4.74 Å². The van der Waals surface area contributed by atoms with Crippen molar-refractivity contribution in [3.05, 3.63) is 60.6 Å². The Balaban J connectivity index is 1.49. The van der Waals surface area contributed by atoms with Crippen molar-refractivity contribution in [2.24, 2.45) is 0 Å². The normalized spacial score (nSPS) is 11.1. The van der Waals surface area contributed by atoms with E-state index in [0.29, 0.717) is 17.9 Å². The fourth-order valence-corrected chi connectivity index (χ4v) is 2.49. The number of anilines is 2. The predicted molar refractivity (Wildman–Crippen MR) is 107 cm³/mol. The van der Waals surface area contributed by atoms with Crippen molar-refractivity contribution in [1.29, 1.82) is 0 Å². The van der Waals surface area contributed by atoms with Crippen molar-refractivity contribution in [2.75, 3.05) is 10.6 Å². The second-order valence-corrected chi connectivity index (χ2v) is 7.24. The maximum Gasteiger partial charge on any atom is 0.412 e. The van der Waals surface area contributed by atoms with Gasteiger partial charge in [0.25, 0.3) is 0 Å². The van der Waals surface area contributed by atoms with E-state index in [1.54, 1.807) is 51.2 Å². The van der Waals surface area contributed by atoms with Gasteiger partial charge in [-0.1, -0.05) is 6.07 Å². The third kappa shape index (κ3) is 5.47. The number of hydrogen-bond donors (Lipinski definition) is 3. The Hall–Kier alpha value is -3.55. The number of rotatable bonds is 4. The van der Waals surface area contributed by atoms with Crippen LogP contribution in [0.3, 0.4) is 0 Å². The second-order valence-electron chi connectivity index (χ2n) is 7.24. The molecule has 8 heteroatoms. The van der Waals surface area contributed by atoms with E-state index in [1.165, 1.54) is 0 Å². The number of nitrogens with zero attached hydrogens (tertiary/aromatic N) is 2. The number of benzene rings is 1. The van der Waals surface area contributed by atoms with Crippen LogP contribution in [0.5, 0.6) is 0 Å². The SMILES string of the molecule is CC(C)(C)OC(=O)Nc1ccc(NC(=O)NCc2ccc3nccn3c2)cc1. The van der Waals surface area contributed by atoms with Crippen molar-refractivity contribution < 1.29 is 14.3 Å². The molecule has 3 amide bonds. The summed E-state index contributed by atoms with van der Waals surface area (Å²) in [5, 5.41) is 8.19. The largest absolute Gasteiger partial charge is 0.444 e. The zero-order valence-electron chi connectivity index (χ0n) is 16.0. The first-order chi connectivity index (χ1) is 13.3. The van der Waals surface area contributed by atoms with Crippen LogP contribution in [0.15, 0.2) is 55.0 Å². The molecule has 2 aromatic heterocycles. The highest BCUT2D eigenvalue weighted by molar-refractivity contribution is 5.90. The predicted octanol–water partition coefficient (Wildman–Crippen LogP) is 4.00. The number of nitrogens with one attached hydrogen (secondary N) is 3. The van der Waals surface area contributed by atoms with Gasteiger partial charge >= 0.3 is 12.1 Å². The van der Waals surface area contributed by atoms with E-state index < -0.39 is 11.7 Å². The maximum atomic E-state index is 12.1. The van der Waals surface area contributed by atoms with Gasteiger partial charge in [0.2, 0.25) is 0 Å². The van der Waals surface area contributed by atoms with Crippen molar-refractivity contribution in [2.45, 2.75) is 32.9 Å². The number of fused-ring (bicyclic) bond motifs is 1. The molecule has 1 aromatic carbocycles. The van der Waals surface area contributed by atoms with Crippen molar-refractivity contribution >= 4 is 29.1 Å². The zero-order chi connectivity index (χ0) is 20.1. The molecule has 0 aliphatic carbocycles. The first kappa shape index (κ1) is 19.2. The number of urea groups is 1. The number of aromatic nitrogens is 2. The summed E-state index contributed by atoms with van der Waals surface area (Å²) >= 11 is 0. The Morgan fingerprint density at radius 3 is 2.39 bits per heavy atom. The molecule has 0 aliphatic heterocycles. The number of imidazole rings is 1. The Morgan fingerprint density at radius 2 is 1.71 bits per heavy atom. The van der Waals surface area contributed by atoms with E-state index >= 15 is 0 Å². The van der Waals surface area contributed by atoms with E-state index in [0.717, 1.165) is 11.2 Å². The number of pyridine rings is 1. The van der Waals surface area contributed by atoms with Gasteiger partial charge in [0, 0.05) is 36.5 Å². The van der Waals surface area contributed by atoms with E-state index in [1.807, 2.05) is 28.9 Å². The summed E-state index contributed by atoms with van der Waals surface area (Å²) in [7, 11) is 0. The number of ether oxygens (including phenoxy) is 1. The number of carbonyl (C=O) groups excluding carboxylic acids is 2. The van der Waals surface area contributed by atoms with Gasteiger partial charge in [-0.15, -0.1) is 0 Å². The quantitative estimate of drug-likeness (QED) is 0.636. The third-order valence-electron chi connectivity index (χ3n) is 3.69. The van der Waals surface area contributed by atoms with Gasteiger partial charge in [0.15, 0.2) is 0 Å². The molecule has 8 nitrogen and oxygen atoms in total. The van der Waals surface area contributed by atoms with Gasteiger partial charge in [0.1, 0.15) is 11.2 Å². The van der Waals surface area contributed by atoms with Crippen LogP contribution in [0, 0.1) is 0 Å². The Labute approximate surface area is 162 Å².